The largest absolute Gasteiger partial charge is 0.352 e. The highest BCUT2D eigenvalue weighted by Crippen LogP contribution is 2.25. The van der Waals surface area contributed by atoms with Crippen LogP contribution in [-0.2, 0) is 10.0 Å². The molecule has 132 valence electrons. The van der Waals surface area contributed by atoms with E-state index in [-0.39, 0.29) is 10.9 Å². The Labute approximate surface area is 150 Å². The number of anilines is 1. The summed E-state index contributed by atoms with van der Waals surface area (Å²) in [6.45, 7) is 1.10. The molecule has 1 aromatic carbocycles. The Kier molecular flexibility index (Phi) is 3.82. The first-order valence-corrected chi connectivity index (χ1v) is 9.33. The molecular formula is C16H15N7O2S. The molecular weight excluding hydrogens is 354 g/mol. The first-order chi connectivity index (χ1) is 12.5. The van der Waals surface area contributed by atoms with Crippen LogP contribution in [-0.4, -0.2) is 58.7 Å². The molecule has 0 amide bonds. The van der Waals surface area contributed by atoms with Gasteiger partial charge in [0, 0.05) is 20.1 Å². The van der Waals surface area contributed by atoms with Crippen molar-refractivity contribution in [2.75, 3.05) is 25.0 Å². The molecule has 0 saturated carbocycles. The zero-order chi connectivity index (χ0) is 18.3. The van der Waals surface area contributed by atoms with E-state index >= 15 is 0 Å². The van der Waals surface area contributed by atoms with Crippen LogP contribution >= 0.6 is 0 Å². The average Bonchev–Trinajstić information content (AvgIpc) is 3.08. The number of fused-ring (bicyclic) bond motifs is 1. The summed E-state index contributed by atoms with van der Waals surface area (Å²) in [5.74, 6) is 0.748. The Bertz CT molecular complexity index is 1100. The molecule has 10 heteroatoms. The predicted octanol–water partition coefficient (Wildman–Crippen LogP) is 0.505. The topological polar surface area (TPSA) is 107 Å². The third kappa shape index (κ3) is 2.67. The Hall–Kier alpha value is -3.03. The summed E-state index contributed by atoms with van der Waals surface area (Å²) in [7, 11) is -2.03. The average molecular weight is 369 g/mol. The van der Waals surface area contributed by atoms with E-state index in [9.17, 15) is 8.42 Å². The minimum absolute atomic E-state index is 0.144. The maximum absolute atomic E-state index is 12.7. The maximum atomic E-state index is 12.7. The standard InChI is InChI=1S/C16H15N7O2S/c1-21(26(24,25)14-4-2-12(8-17)3-5-14)13-9-22(10-13)16-7-6-15-19-18-11-23(15)20-16/h2-7,11,13H,9-10H2,1H3. The van der Waals surface area contributed by atoms with E-state index in [1.807, 2.05) is 23.1 Å². The van der Waals surface area contributed by atoms with Crippen LogP contribution in [0.4, 0.5) is 5.82 Å². The number of likely N-dealkylation sites (N-methyl/N-ethyl adjacent to an activating group) is 1. The van der Waals surface area contributed by atoms with Crippen molar-refractivity contribution in [2.45, 2.75) is 10.9 Å². The van der Waals surface area contributed by atoms with E-state index in [4.69, 9.17) is 5.26 Å². The molecule has 1 fully saturated rings. The summed E-state index contributed by atoms with van der Waals surface area (Å²) < 4.78 is 28.4. The van der Waals surface area contributed by atoms with Crippen molar-refractivity contribution in [2.24, 2.45) is 0 Å². The van der Waals surface area contributed by atoms with Gasteiger partial charge in [0.05, 0.1) is 22.6 Å². The molecule has 0 unspecified atom stereocenters. The molecule has 1 aliphatic heterocycles. The molecule has 3 aromatic rings. The maximum Gasteiger partial charge on any atom is 0.243 e. The molecule has 0 spiro atoms. The van der Waals surface area contributed by atoms with Crippen molar-refractivity contribution in [1.29, 1.82) is 5.26 Å². The molecule has 2 aromatic heterocycles. The van der Waals surface area contributed by atoms with Gasteiger partial charge in [0.1, 0.15) is 12.1 Å². The van der Waals surface area contributed by atoms with Crippen LogP contribution in [0.2, 0.25) is 0 Å². The van der Waals surface area contributed by atoms with Gasteiger partial charge in [0.15, 0.2) is 5.65 Å². The SMILES string of the molecule is CN(C1CN(c2ccc3nncn3n2)C1)S(=O)(=O)c1ccc(C#N)cc1. The smallest absolute Gasteiger partial charge is 0.243 e. The second kappa shape index (κ2) is 6.05. The highest BCUT2D eigenvalue weighted by atomic mass is 32.2. The van der Waals surface area contributed by atoms with Crippen molar-refractivity contribution in [1.82, 2.24) is 24.1 Å². The third-order valence-electron chi connectivity index (χ3n) is 4.51. The molecule has 26 heavy (non-hydrogen) atoms. The van der Waals surface area contributed by atoms with Crippen LogP contribution in [0, 0.1) is 11.3 Å². The van der Waals surface area contributed by atoms with Crippen LogP contribution in [0.1, 0.15) is 5.56 Å². The summed E-state index contributed by atoms with van der Waals surface area (Å²) in [4.78, 5) is 2.18. The van der Waals surface area contributed by atoms with Crippen molar-refractivity contribution in [3.8, 4) is 6.07 Å². The molecule has 9 nitrogen and oxygen atoms in total. The second-order valence-corrected chi connectivity index (χ2v) is 8.04. The van der Waals surface area contributed by atoms with E-state index in [2.05, 4.69) is 15.3 Å². The summed E-state index contributed by atoms with van der Waals surface area (Å²) >= 11 is 0. The lowest BCUT2D eigenvalue weighted by Gasteiger charge is -2.43. The highest BCUT2D eigenvalue weighted by molar-refractivity contribution is 7.89. The van der Waals surface area contributed by atoms with Crippen molar-refractivity contribution in [3.05, 3.63) is 48.3 Å². The third-order valence-corrected chi connectivity index (χ3v) is 6.43. The predicted molar refractivity (Wildman–Crippen MR) is 92.9 cm³/mol. The van der Waals surface area contributed by atoms with Crippen LogP contribution in [0.5, 0.6) is 0 Å². The Morgan fingerprint density at radius 1 is 1.19 bits per heavy atom. The zero-order valence-electron chi connectivity index (χ0n) is 13.9. The van der Waals surface area contributed by atoms with Gasteiger partial charge >= 0.3 is 0 Å². The van der Waals surface area contributed by atoms with E-state index in [1.54, 1.807) is 11.6 Å². The number of hydrogen-bond donors (Lipinski definition) is 0. The second-order valence-electron chi connectivity index (χ2n) is 6.04. The molecule has 1 aliphatic rings. The first-order valence-electron chi connectivity index (χ1n) is 7.89. The fourth-order valence-corrected chi connectivity index (χ4v) is 4.16. The number of benzene rings is 1. The molecule has 1 saturated heterocycles. The van der Waals surface area contributed by atoms with Gasteiger partial charge in [0.2, 0.25) is 10.0 Å². The van der Waals surface area contributed by atoms with Gasteiger partial charge in [-0.15, -0.1) is 15.3 Å². The fraction of sp³-hybridized carbons (Fsp3) is 0.250. The number of rotatable bonds is 4. The van der Waals surface area contributed by atoms with E-state index in [0.29, 0.717) is 24.3 Å². The number of sulfonamides is 1. The number of nitriles is 1. The van der Waals surface area contributed by atoms with Gasteiger partial charge in [-0.1, -0.05) is 0 Å². The Balaban J connectivity index is 1.47. The molecule has 0 radical (unpaired) electrons. The minimum atomic E-state index is -3.60. The van der Waals surface area contributed by atoms with Crippen molar-refractivity contribution < 1.29 is 8.42 Å². The van der Waals surface area contributed by atoms with Crippen LogP contribution in [0.25, 0.3) is 5.65 Å². The van der Waals surface area contributed by atoms with E-state index in [1.165, 1.54) is 34.9 Å². The van der Waals surface area contributed by atoms with E-state index in [0.717, 1.165) is 5.82 Å². The van der Waals surface area contributed by atoms with Gasteiger partial charge < -0.3 is 4.90 Å². The van der Waals surface area contributed by atoms with Gasteiger partial charge in [-0.3, -0.25) is 0 Å². The summed E-state index contributed by atoms with van der Waals surface area (Å²) in [6, 6.07) is 11.4. The Morgan fingerprint density at radius 3 is 2.62 bits per heavy atom. The van der Waals surface area contributed by atoms with Gasteiger partial charge in [-0.05, 0) is 36.4 Å². The molecule has 0 aliphatic carbocycles. The quantitative estimate of drug-likeness (QED) is 0.659. The minimum Gasteiger partial charge on any atom is -0.352 e. The molecule has 0 N–H and O–H groups in total. The van der Waals surface area contributed by atoms with Crippen LogP contribution in [0.15, 0.2) is 47.6 Å². The summed E-state index contributed by atoms with van der Waals surface area (Å²) in [5.41, 5.74) is 1.09. The zero-order valence-corrected chi connectivity index (χ0v) is 14.7. The molecule has 0 bridgehead atoms. The van der Waals surface area contributed by atoms with Crippen molar-refractivity contribution >= 4 is 21.5 Å². The van der Waals surface area contributed by atoms with Crippen LogP contribution < -0.4 is 4.90 Å². The molecule has 3 heterocycles. The lowest BCUT2D eigenvalue weighted by atomic mass is 10.1. The lowest BCUT2D eigenvalue weighted by Crippen LogP contribution is -2.60. The van der Waals surface area contributed by atoms with Gasteiger partial charge in [-0.25, -0.2) is 8.42 Å². The van der Waals surface area contributed by atoms with E-state index < -0.39 is 10.0 Å². The monoisotopic (exact) mass is 369 g/mol. The number of nitrogens with zero attached hydrogens (tertiary/aromatic N) is 7. The number of aromatic nitrogens is 4. The fourth-order valence-electron chi connectivity index (χ4n) is 2.82. The normalized spacial score (nSPS) is 15.2. The Morgan fingerprint density at radius 2 is 1.92 bits per heavy atom. The lowest BCUT2D eigenvalue weighted by molar-refractivity contribution is 0.309. The summed E-state index contributed by atoms with van der Waals surface area (Å²) in [6.07, 6.45) is 1.53. The van der Waals surface area contributed by atoms with Crippen molar-refractivity contribution in [3.63, 3.8) is 0 Å². The van der Waals surface area contributed by atoms with Gasteiger partial charge in [0.25, 0.3) is 0 Å². The molecule has 0 atom stereocenters. The highest BCUT2D eigenvalue weighted by Gasteiger charge is 2.37. The number of hydrogen-bond acceptors (Lipinski definition) is 7. The summed E-state index contributed by atoms with van der Waals surface area (Å²) in [5, 5.41) is 20.9. The van der Waals surface area contributed by atoms with Gasteiger partial charge in [-0.2, -0.15) is 14.1 Å². The first kappa shape index (κ1) is 16.4. The molecule has 4 rings (SSSR count). The van der Waals surface area contributed by atoms with Crippen LogP contribution in [0.3, 0.4) is 0 Å².